The number of fused-ring (bicyclic) bond motifs is 1. The van der Waals surface area contributed by atoms with Gasteiger partial charge in [-0.2, -0.15) is 18.3 Å². The van der Waals surface area contributed by atoms with Crippen molar-refractivity contribution in [3.8, 4) is 22.8 Å². The monoisotopic (exact) mass is 670 g/mol. The largest absolute Gasteiger partial charge is 0.497 e. The highest BCUT2D eigenvalue weighted by Crippen LogP contribution is 2.35. The third-order valence-corrected chi connectivity index (χ3v) is 7.66. The number of rotatable bonds is 11. The summed E-state index contributed by atoms with van der Waals surface area (Å²) in [5, 5.41) is 4.50. The molecule has 1 amide bonds. The minimum absolute atomic E-state index is 0.108. The second kappa shape index (κ2) is 14.7. The van der Waals surface area contributed by atoms with E-state index in [1.807, 2.05) is 34.0 Å². The molecule has 5 rings (SSSR count). The first-order valence-corrected chi connectivity index (χ1v) is 15.8. The predicted molar refractivity (Wildman–Crippen MR) is 175 cm³/mol. The van der Waals surface area contributed by atoms with Crippen LogP contribution in [0, 0.1) is 0 Å². The fourth-order valence-corrected chi connectivity index (χ4v) is 5.42. The Kier molecular flexibility index (Phi) is 10.6. The first-order valence-electron chi connectivity index (χ1n) is 15.8. The zero-order chi connectivity index (χ0) is 34.5. The first-order chi connectivity index (χ1) is 22.8. The molecule has 1 unspecified atom stereocenters. The smallest absolute Gasteiger partial charge is 0.410 e. The standard InChI is InChI=1S/C34H41F3N6O5/c1-33(2,3)48-32(44)41(22-34(35,36)37)12-8-13-42(25-15-26(45-4)18-27(16-25)46-5)24-10-11-28-29(17-24)40-30(20-38-28)23-19-39-43(21-23)31-9-6-7-14-47-31/h10-11,15-21,31H,6-9,12-14,22H2,1-5H3. The van der Waals surface area contributed by atoms with E-state index in [1.165, 1.54) is 14.2 Å². The molecule has 0 bridgehead atoms. The Hall–Kier alpha value is -4.59. The summed E-state index contributed by atoms with van der Waals surface area (Å²) in [6.07, 6.45) is 2.81. The second-order valence-corrected chi connectivity index (χ2v) is 12.6. The van der Waals surface area contributed by atoms with Gasteiger partial charge in [-0.05, 0) is 64.7 Å². The van der Waals surface area contributed by atoms with Crippen molar-refractivity contribution in [1.82, 2.24) is 24.6 Å². The summed E-state index contributed by atoms with van der Waals surface area (Å²) < 4.78 is 64.4. The third kappa shape index (κ3) is 9.06. The van der Waals surface area contributed by atoms with Crippen molar-refractivity contribution in [3.63, 3.8) is 0 Å². The highest BCUT2D eigenvalue weighted by Gasteiger charge is 2.35. The topological polar surface area (TPSA) is 104 Å². The van der Waals surface area contributed by atoms with Gasteiger partial charge in [-0.3, -0.25) is 9.88 Å². The molecular formula is C34H41F3N6O5. The molecule has 48 heavy (non-hydrogen) atoms. The Labute approximate surface area is 277 Å². The number of hydrogen-bond acceptors (Lipinski definition) is 9. The Bertz CT molecular complexity index is 1680. The van der Waals surface area contributed by atoms with Gasteiger partial charge in [-0.25, -0.2) is 14.5 Å². The SMILES string of the molecule is COc1cc(OC)cc(N(CCCN(CC(F)(F)F)C(=O)OC(C)(C)C)c2ccc3ncc(-c4cnn(C5CCCCO5)c4)nc3c2)c1. The number of halogens is 3. The lowest BCUT2D eigenvalue weighted by Gasteiger charge is -2.30. The van der Waals surface area contributed by atoms with Gasteiger partial charge < -0.3 is 23.8 Å². The quantitative estimate of drug-likeness (QED) is 0.160. The number of aromatic nitrogens is 4. The van der Waals surface area contributed by atoms with Crippen LogP contribution in [0.5, 0.6) is 11.5 Å². The molecule has 1 aliphatic heterocycles. The number of nitrogens with zero attached hydrogens (tertiary/aromatic N) is 6. The van der Waals surface area contributed by atoms with Gasteiger partial charge in [0.2, 0.25) is 0 Å². The van der Waals surface area contributed by atoms with E-state index in [2.05, 4.69) is 10.1 Å². The van der Waals surface area contributed by atoms with E-state index in [1.54, 1.807) is 51.4 Å². The van der Waals surface area contributed by atoms with E-state index in [0.29, 0.717) is 51.1 Å². The summed E-state index contributed by atoms with van der Waals surface area (Å²) >= 11 is 0. The molecular weight excluding hydrogens is 629 g/mol. The van der Waals surface area contributed by atoms with E-state index >= 15 is 0 Å². The van der Waals surface area contributed by atoms with E-state index in [-0.39, 0.29) is 25.7 Å². The van der Waals surface area contributed by atoms with Gasteiger partial charge in [-0.15, -0.1) is 0 Å². The van der Waals surface area contributed by atoms with Gasteiger partial charge in [0.25, 0.3) is 0 Å². The fourth-order valence-electron chi connectivity index (χ4n) is 5.42. The van der Waals surface area contributed by atoms with Crippen molar-refractivity contribution in [3.05, 3.63) is 55.0 Å². The van der Waals surface area contributed by atoms with Crippen molar-refractivity contribution < 1.29 is 36.9 Å². The average Bonchev–Trinajstić information content (AvgIpc) is 3.55. The molecule has 11 nitrogen and oxygen atoms in total. The number of ether oxygens (including phenoxy) is 4. The molecule has 0 saturated carbocycles. The van der Waals surface area contributed by atoms with Crippen LogP contribution in [0.25, 0.3) is 22.3 Å². The van der Waals surface area contributed by atoms with E-state index in [9.17, 15) is 18.0 Å². The minimum atomic E-state index is -4.59. The van der Waals surface area contributed by atoms with Gasteiger partial charge in [0.05, 0.1) is 43.3 Å². The predicted octanol–water partition coefficient (Wildman–Crippen LogP) is 7.54. The van der Waals surface area contributed by atoms with Crippen molar-refractivity contribution in [2.24, 2.45) is 0 Å². The molecule has 1 fully saturated rings. The van der Waals surface area contributed by atoms with Crippen LogP contribution in [0.2, 0.25) is 0 Å². The molecule has 3 heterocycles. The number of anilines is 2. The summed E-state index contributed by atoms with van der Waals surface area (Å²) in [6.45, 7) is 4.15. The van der Waals surface area contributed by atoms with Crippen LogP contribution in [0.3, 0.4) is 0 Å². The summed E-state index contributed by atoms with van der Waals surface area (Å²) in [4.78, 5) is 24.8. The number of alkyl halides is 3. The molecule has 1 saturated heterocycles. The third-order valence-electron chi connectivity index (χ3n) is 7.66. The van der Waals surface area contributed by atoms with Gasteiger partial charge in [-0.1, -0.05) is 0 Å². The van der Waals surface area contributed by atoms with Gasteiger partial charge in [0.1, 0.15) is 29.9 Å². The Morgan fingerprint density at radius 2 is 1.73 bits per heavy atom. The zero-order valence-electron chi connectivity index (χ0n) is 27.8. The Morgan fingerprint density at radius 1 is 0.979 bits per heavy atom. The second-order valence-electron chi connectivity index (χ2n) is 12.6. The molecule has 0 radical (unpaired) electrons. The maximum atomic E-state index is 13.5. The van der Waals surface area contributed by atoms with Crippen LogP contribution in [-0.2, 0) is 9.47 Å². The number of methoxy groups -OCH3 is 2. The zero-order valence-corrected chi connectivity index (χ0v) is 27.8. The molecule has 1 atom stereocenters. The lowest BCUT2D eigenvalue weighted by molar-refractivity contribution is -0.144. The van der Waals surface area contributed by atoms with E-state index in [0.717, 1.165) is 24.8 Å². The Balaban J connectivity index is 1.45. The molecule has 0 aliphatic carbocycles. The number of carbonyl (C=O) groups excluding carboxylic acids is 1. The summed E-state index contributed by atoms with van der Waals surface area (Å²) in [6, 6.07) is 10.9. The van der Waals surface area contributed by atoms with Crippen LogP contribution in [0.1, 0.15) is 52.7 Å². The van der Waals surface area contributed by atoms with Gasteiger partial charge >= 0.3 is 12.3 Å². The maximum Gasteiger partial charge on any atom is 0.410 e. The molecule has 258 valence electrons. The lowest BCUT2D eigenvalue weighted by atomic mass is 10.1. The fraction of sp³-hybridized carbons (Fsp3) is 0.471. The molecule has 1 aliphatic rings. The van der Waals surface area contributed by atoms with Crippen LogP contribution in [0.4, 0.5) is 29.3 Å². The van der Waals surface area contributed by atoms with E-state index < -0.39 is 24.4 Å². The summed E-state index contributed by atoms with van der Waals surface area (Å²) in [7, 11) is 3.07. The van der Waals surface area contributed by atoms with Crippen molar-refractivity contribution in [1.29, 1.82) is 0 Å². The van der Waals surface area contributed by atoms with Gasteiger partial charge in [0.15, 0.2) is 0 Å². The lowest BCUT2D eigenvalue weighted by Crippen LogP contribution is -2.43. The molecule has 4 aromatic rings. The Morgan fingerprint density at radius 3 is 2.38 bits per heavy atom. The molecule has 0 spiro atoms. The number of carbonyl (C=O) groups is 1. The number of benzene rings is 2. The maximum absolute atomic E-state index is 13.5. The summed E-state index contributed by atoms with van der Waals surface area (Å²) in [5.74, 6) is 1.06. The van der Waals surface area contributed by atoms with E-state index in [4.69, 9.17) is 23.9 Å². The normalized spacial score (nSPS) is 15.3. The molecule has 2 aromatic carbocycles. The van der Waals surface area contributed by atoms with Crippen molar-refractivity contribution in [2.75, 3.05) is 45.4 Å². The number of amides is 1. The first kappa shape index (κ1) is 34.7. The highest BCUT2D eigenvalue weighted by molar-refractivity contribution is 5.82. The van der Waals surface area contributed by atoms with Crippen LogP contribution in [0.15, 0.2) is 55.0 Å². The van der Waals surface area contributed by atoms with Crippen LogP contribution in [-0.4, -0.2) is 83.0 Å². The minimum Gasteiger partial charge on any atom is -0.497 e. The van der Waals surface area contributed by atoms with Crippen molar-refractivity contribution in [2.45, 2.75) is 64.5 Å². The van der Waals surface area contributed by atoms with Crippen LogP contribution >= 0.6 is 0 Å². The van der Waals surface area contributed by atoms with Crippen LogP contribution < -0.4 is 14.4 Å². The molecule has 0 N–H and O–H groups in total. The van der Waals surface area contributed by atoms with Crippen molar-refractivity contribution >= 4 is 28.5 Å². The molecule has 2 aromatic heterocycles. The number of hydrogen-bond donors (Lipinski definition) is 0. The average molecular weight is 671 g/mol. The molecule has 14 heteroatoms. The van der Waals surface area contributed by atoms with Gasteiger partial charge in [0, 0.05) is 61.0 Å². The highest BCUT2D eigenvalue weighted by atomic mass is 19.4. The summed E-state index contributed by atoms with van der Waals surface area (Å²) in [5.41, 5.74) is 3.13.